The van der Waals surface area contributed by atoms with Gasteiger partial charge in [0.15, 0.2) is 5.65 Å². The molecule has 0 amide bonds. The maximum absolute atomic E-state index is 5.42. The first kappa shape index (κ1) is 16.0. The molecule has 1 aromatic carbocycles. The third kappa shape index (κ3) is 2.97. The van der Waals surface area contributed by atoms with Gasteiger partial charge in [-0.1, -0.05) is 0 Å². The van der Waals surface area contributed by atoms with Gasteiger partial charge in [0, 0.05) is 18.7 Å². The van der Waals surface area contributed by atoms with E-state index in [0.717, 1.165) is 40.5 Å². The van der Waals surface area contributed by atoms with Gasteiger partial charge in [-0.3, -0.25) is 0 Å². The molecule has 7 heteroatoms. The van der Waals surface area contributed by atoms with Crippen molar-refractivity contribution in [3.8, 4) is 11.5 Å². The average Bonchev–Trinajstić information content (AvgIpc) is 3.02. The first-order valence-corrected chi connectivity index (χ1v) is 7.81. The lowest BCUT2D eigenvalue weighted by atomic mass is 10.2. The zero-order valence-corrected chi connectivity index (χ0v) is 14.3. The molecular formula is C17H21N5O2. The van der Waals surface area contributed by atoms with E-state index in [1.807, 2.05) is 36.7 Å². The van der Waals surface area contributed by atoms with Crippen LogP contribution in [0.2, 0.25) is 0 Å². The van der Waals surface area contributed by atoms with Crippen LogP contribution < -0.4 is 14.8 Å². The lowest BCUT2D eigenvalue weighted by Gasteiger charge is -2.12. The van der Waals surface area contributed by atoms with Gasteiger partial charge < -0.3 is 14.8 Å². The Morgan fingerprint density at radius 1 is 1.17 bits per heavy atom. The van der Waals surface area contributed by atoms with Crippen LogP contribution in [0.1, 0.15) is 18.3 Å². The maximum atomic E-state index is 5.42. The van der Waals surface area contributed by atoms with Crippen molar-refractivity contribution in [1.29, 1.82) is 0 Å². The lowest BCUT2D eigenvalue weighted by molar-refractivity contribution is 0.399. The number of hydrogen-bond donors (Lipinski definition) is 1. The number of hydrogen-bond acceptors (Lipinski definition) is 6. The molecule has 0 bridgehead atoms. The number of nitrogens with zero attached hydrogens (tertiary/aromatic N) is 4. The average molecular weight is 327 g/mol. The molecule has 0 unspecified atom stereocenters. The van der Waals surface area contributed by atoms with E-state index in [2.05, 4.69) is 20.4 Å². The Balaban J connectivity index is 1.92. The Kier molecular flexibility index (Phi) is 4.50. The molecule has 0 aliphatic heterocycles. The highest BCUT2D eigenvalue weighted by molar-refractivity contribution is 5.86. The molecule has 3 rings (SSSR count). The summed E-state index contributed by atoms with van der Waals surface area (Å²) in [6.07, 6.45) is 1.80. The van der Waals surface area contributed by atoms with Crippen molar-refractivity contribution >= 4 is 16.9 Å². The van der Waals surface area contributed by atoms with Crippen molar-refractivity contribution in [1.82, 2.24) is 19.7 Å². The summed E-state index contributed by atoms with van der Waals surface area (Å²) in [5.41, 5.74) is 1.83. The van der Waals surface area contributed by atoms with Crippen molar-refractivity contribution in [2.75, 3.05) is 19.5 Å². The van der Waals surface area contributed by atoms with Crippen LogP contribution in [-0.2, 0) is 13.1 Å². The van der Waals surface area contributed by atoms with Crippen molar-refractivity contribution < 1.29 is 9.47 Å². The largest absolute Gasteiger partial charge is 0.497 e. The number of fused-ring (bicyclic) bond motifs is 1. The van der Waals surface area contributed by atoms with E-state index < -0.39 is 0 Å². The minimum Gasteiger partial charge on any atom is -0.497 e. The van der Waals surface area contributed by atoms with Crippen LogP contribution in [-0.4, -0.2) is 34.0 Å². The van der Waals surface area contributed by atoms with Crippen LogP contribution in [0.15, 0.2) is 24.4 Å². The Labute approximate surface area is 140 Å². The molecule has 0 spiro atoms. The Hall–Kier alpha value is -2.83. The molecule has 0 atom stereocenters. The summed E-state index contributed by atoms with van der Waals surface area (Å²) in [6.45, 7) is 5.24. The molecule has 0 saturated carbocycles. The summed E-state index contributed by atoms with van der Waals surface area (Å²) in [5, 5.41) is 8.64. The van der Waals surface area contributed by atoms with E-state index in [1.54, 1.807) is 20.4 Å². The van der Waals surface area contributed by atoms with Gasteiger partial charge in [0.05, 0.1) is 25.8 Å². The van der Waals surface area contributed by atoms with Gasteiger partial charge >= 0.3 is 0 Å². The predicted molar refractivity (Wildman–Crippen MR) is 92.6 cm³/mol. The van der Waals surface area contributed by atoms with E-state index in [-0.39, 0.29) is 0 Å². The first-order valence-electron chi connectivity index (χ1n) is 7.81. The van der Waals surface area contributed by atoms with E-state index in [9.17, 15) is 0 Å². The molecule has 0 fully saturated rings. The number of methoxy groups -OCH3 is 2. The lowest BCUT2D eigenvalue weighted by Crippen LogP contribution is -2.06. The fourth-order valence-electron chi connectivity index (χ4n) is 2.63. The molecule has 2 aromatic heterocycles. The van der Waals surface area contributed by atoms with E-state index in [0.29, 0.717) is 12.4 Å². The second-order valence-corrected chi connectivity index (χ2v) is 5.35. The first-order chi connectivity index (χ1) is 11.7. The Morgan fingerprint density at radius 3 is 2.71 bits per heavy atom. The molecule has 2 heterocycles. The number of ether oxygens (including phenoxy) is 2. The number of benzene rings is 1. The van der Waals surface area contributed by atoms with Crippen LogP contribution in [0.25, 0.3) is 11.0 Å². The summed E-state index contributed by atoms with van der Waals surface area (Å²) in [4.78, 5) is 9.00. The second-order valence-electron chi connectivity index (χ2n) is 5.35. The number of anilines is 1. The minimum atomic E-state index is 0.559. The van der Waals surface area contributed by atoms with Gasteiger partial charge in [0.25, 0.3) is 0 Å². The Bertz CT molecular complexity index is 860. The molecule has 0 aliphatic carbocycles. The van der Waals surface area contributed by atoms with Crippen molar-refractivity contribution in [3.63, 3.8) is 0 Å². The van der Waals surface area contributed by atoms with E-state index in [4.69, 9.17) is 9.47 Å². The smallest absolute Gasteiger partial charge is 0.163 e. The normalized spacial score (nSPS) is 10.8. The number of aryl methyl sites for hydroxylation is 2. The molecule has 0 aliphatic rings. The fraction of sp³-hybridized carbons (Fsp3) is 0.353. The zero-order chi connectivity index (χ0) is 17.1. The monoisotopic (exact) mass is 327 g/mol. The van der Waals surface area contributed by atoms with Crippen molar-refractivity contribution in [3.05, 3.63) is 35.8 Å². The summed E-state index contributed by atoms with van der Waals surface area (Å²) < 4.78 is 12.6. The maximum Gasteiger partial charge on any atom is 0.163 e. The predicted octanol–water partition coefficient (Wildman–Crippen LogP) is 2.78. The van der Waals surface area contributed by atoms with E-state index >= 15 is 0 Å². The molecule has 3 aromatic rings. The summed E-state index contributed by atoms with van der Waals surface area (Å²) in [6, 6.07) is 5.72. The van der Waals surface area contributed by atoms with Gasteiger partial charge in [-0.05, 0) is 32.0 Å². The number of aromatic nitrogens is 4. The SMILES string of the molecule is CCn1ncc2c(NCc3cc(OC)ccc3OC)nc(C)nc21. The minimum absolute atomic E-state index is 0.559. The Morgan fingerprint density at radius 2 is 2.00 bits per heavy atom. The summed E-state index contributed by atoms with van der Waals surface area (Å²) in [7, 11) is 3.30. The highest BCUT2D eigenvalue weighted by Gasteiger charge is 2.12. The van der Waals surface area contributed by atoms with Gasteiger partial charge in [-0.25, -0.2) is 14.6 Å². The molecule has 24 heavy (non-hydrogen) atoms. The van der Waals surface area contributed by atoms with Crippen LogP contribution in [0.3, 0.4) is 0 Å². The summed E-state index contributed by atoms with van der Waals surface area (Å²) in [5.74, 6) is 3.06. The van der Waals surface area contributed by atoms with Gasteiger partial charge in [-0.2, -0.15) is 5.10 Å². The van der Waals surface area contributed by atoms with Gasteiger partial charge in [0.2, 0.25) is 0 Å². The van der Waals surface area contributed by atoms with Crippen LogP contribution in [0.5, 0.6) is 11.5 Å². The molecule has 7 nitrogen and oxygen atoms in total. The number of nitrogens with one attached hydrogen (secondary N) is 1. The third-order valence-electron chi connectivity index (χ3n) is 3.84. The molecule has 0 radical (unpaired) electrons. The number of rotatable bonds is 6. The zero-order valence-electron chi connectivity index (χ0n) is 14.3. The fourth-order valence-corrected chi connectivity index (χ4v) is 2.63. The summed E-state index contributed by atoms with van der Waals surface area (Å²) >= 11 is 0. The highest BCUT2D eigenvalue weighted by atomic mass is 16.5. The van der Waals surface area contributed by atoms with Crippen molar-refractivity contribution in [2.45, 2.75) is 26.9 Å². The van der Waals surface area contributed by atoms with Crippen molar-refractivity contribution in [2.24, 2.45) is 0 Å². The van der Waals surface area contributed by atoms with Crippen LogP contribution >= 0.6 is 0 Å². The van der Waals surface area contributed by atoms with Crippen LogP contribution in [0, 0.1) is 6.92 Å². The molecular weight excluding hydrogens is 306 g/mol. The van der Waals surface area contributed by atoms with E-state index in [1.165, 1.54) is 0 Å². The quantitative estimate of drug-likeness (QED) is 0.750. The van der Waals surface area contributed by atoms with Gasteiger partial charge in [-0.15, -0.1) is 0 Å². The second kappa shape index (κ2) is 6.74. The third-order valence-corrected chi connectivity index (χ3v) is 3.84. The molecule has 0 saturated heterocycles. The highest BCUT2D eigenvalue weighted by Crippen LogP contribution is 2.26. The van der Waals surface area contributed by atoms with Gasteiger partial charge in [0.1, 0.15) is 23.1 Å². The van der Waals surface area contributed by atoms with Crippen LogP contribution in [0.4, 0.5) is 5.82 Å². The topological polar surface area (TPSA) is 74.1 Å². The standard InChI is InChI=1S/C17H21N5O2/c1-5-22-17-14(10-19-22)16(20-11(2)21-17)18-9-12-8-13(23-3)6-7-15(12)24-4/h6-8,10H,5,9H2,1-4H3,(H,18,20,21). The molecule has 1 N–H and O–H groups in total. The molecule has 126 valence electrons.